The number of benzene rings is 13. The Labute approximate surface area is 579 Å². The van der Waals surface area contributed by atoms with E-state index in [0.717, 1.165) is 78.9 Å². The molecule has 0 saturated heterocycles. The zero-order valence-electron chi connectivity index (χ0n) is 58.3. The van der Waals surface area contributed by atoms with Crippen molar-refractivity contribution in [3.63, 3.8) is 0 Å². The molecular formula is C93H80N6. The summed E-state index contributed by atoms with van der Waals surface area (Å²) in [5, 5.41) is 9.53. The van der Waals surface area contributed by atoms with Crippen molar-refractivity contribution >= 4 is 121 Å². The third kappa shape index (κ3) is 9.58. The number of hydrogen-bond donors (Lipinski definition) is 0. The standard InChI is InChI=1S/C93H80N6/c1-90(2,3)59-25-35-65(36-26-59)94-71-46-50-85-77(54-71)75-22-16-18-24-83(75)97(85)68-41-31-62(32-42-68)93(10,11)63-33-43-69(44-34-63)99-87-52-48-73(56-79(87)81-57-88-80(58-89(81)99)78-55-72(94)47-51-86(78)98(88)64-19-13-12-14-20-64)95(66-37-27-60(28-38-66)91(4,5)6)70-45-49-84-76(53-70)74-21-15-17-23-82(74)96(84)67-39-29-61(30-40-67)92(7,8)9/h12-58H,1-11H3. The first-order valence-electron chi connectivity index (χ1n) is 35.1. The topological polar surface area (TPSA) is 26.2 Å². The molecule has 0 atom stereocenters. The summed E-state index contributed by atoms with van der Waals surface area (Å²) < 4.78 is 9.88. The summed E-state index contributed by atoms with van der Waals surface area (Å²) in [6, 6.07) is 109. The summed E-state index contributed by atoms with van der Waals surface area (Å²) in [5.41, 5.74) is 26.4. The molecule has 22 rings (SSSR count). The molecule has 0 saturated carbocycles. The van der Waals surface area contributed by atoms with Crippen LogP contribution in [0.3, 0.4) is 0 Å². The van der Waals surface area contributed by atoms with E-state index in [1.807, 2.05) is 0 Å². The van der Waals surface area contributed by atoms with Gasteiger partial charge < -0.3 is 28.1 Å². The molecule has 0 N–H and O–H groups in total. The van der Waals surface area contributed by atoms with Gasteiger partial charge in [-0.25, -0.2) is 0 Å². The van der Waals surface area contributed by atoms with Crippen LogP contribution in [0.5, 0.6) is 0 Å². The number of fused-ring (bicyclic) bond motifs is 7. The number of hydrogen-bond acceptors (Lipinski definition) is 2. The Kier molecular flexibility index (Phi) is 13.3. The monoisotopic (exact) mass is 1280 g/mol. The van der Waals surface area contributed by atoms with E-state index >= 15 is 0 Å². The van der Waals surface area contributed by atoms with Crippen molar-refractivity contribution in [1.29, 1.82) is 0 Å². The van der Waals surface area contributed by atoms with Gasteiger partial charge in [-0.15, -0.1) is 0 Å². The zero-order chi connectivity index (χ0) is 67.6. The average Bonchev–Trinajstić information content (AvgIpc) is 1.56. The molecule has 13 aromatic carbocycles. The van der Waals surface area contributed by atoms with Gasteiger partial charge in [-0.05, 0) is 214 Å². The molecule has 0 aliphatic carbocycles. The summed E-state index contributed by atoms with van der Waals surface area (Å²) in [5.74, 6) is 0. The van der Waals surface area contributed by atoms with E-state index in [0.29, 0.717) is 0 Å². The predicted octanol–water partition coefficient (Wildman–Crippen LogP) is 25.5. The lowest BCUT2D eigenvalue weighted by Gasteiger charge is -2.27. The lowest BCUT2D eigenvalue weighted by Crippen LogP contribution is -2.19. The smallest absolute Gasteiger partial charge is 0.0548 e. The quantitative estimate of drug-likeness (QED) is 0.166. The van der Waals surface area contributed by atoms with Crippen molar-refractivity contribution in [3.05, 3.63) is 313 Å². The predicted molar refractivity (Wildman–Crippen MR) is 421 cm³/mol. The minimum Gasteiger partial charge on any atom is -0.310 e. The molecule has 5 aliphatic heterocycles. The van der Waals surface area contributed by atoms with Gasteiger partial charge in [0.15, 0.2) is 0 Å². The minimum atomic E-state index is -0.304. The summed E-state index contributed by atoms with van der Waals surface area (Å²) in [6.07, 6.45) is 0. The third-order valence-corrected chi connectivity index (χ3v) is 21.6. The van der Waals surface area contributed by atoms with Crippen molar-refractivity contribution in [1.82, 2.24) is 18.3 Å². The number of rotatable bonds is 6. The fraction of sp³-hybridized carbons (Fsp3) is 0.161. The minimum absolute atomic E-state index is 0.0109. The molecule has 0 unspecified atom stereocenters. The van der Waals surface area contributed by atoms with Crippen LogP contribution < -0.4 is 9.80 Å². The van der Waals surface area contributed by atoms with Gasteiger partial charge in [0.1, 0.15) is 0 Å². The highest BCUT2D eigenvalue weighted by Crippen LogP contribution is 2.48. The highest BCUT2D eigenvalue weighted by molar-refractivity contribution is 6.21. The Bertz CT molecular complexity index is 6070. The van der Waals surface area contributed by atoms with Crippen LogP contribution in [0.4, 0.5) is 34.1 Å². The van der Waals surface area contributed by atoms with Gasteiger partial charge in [-0.2, -0.15) is 0 Å². The van der Waals surface area contributed by atoms with Crippen LogP contribution in [0.1, 0.15) is 104 Å². The Morgan fingerprint density at radius 2 is 0.525 bits per heavy atom. The van der Waals surface area contributed by atoms with Gasteiger partial charge in [0.05, 0.1) is 44.1 Å². The zero-order valence-corrected chi connectivity index (χ0v) is 58.3. The van der Waals surface area contributed by atoms with Crippen LogP contribution in [0, 0.1) is 0 Å². The van der Waals surface area contributed by atoms with Gasteiger partial charge in [0.2, 0.25) is 0 Å². The van der Waals surface area contributed by atoms with Crippen molar-refractivity contribution in [3.8, 4) is 22.7 Å². The molecule has 99 heavy (non-hydrogen) atoms. The average molecular weight is 1280 g/mol. The fourth-order valence-corrected chi connectivity index (χ4v) is 16.1. The van der Waals surface area contributed by atoms with Crippen LogP contribution in [-0.2, 0) is 21.7 Å². The van der Waals surface area contributed by atoms with E-state index in [2.05, 4.69) is 389 Å². The number of aromatic nitrogens is 4. The van der Waals surface area contributed by atoms with Crippen molar-refractivity contribution in [2.45, 2.75) is 97.8 Å². The van der Waals surface area contributed by atoms with Gasteiger partial charge in [0.25, 0.3) is 0 Å². The summed E-state index contributed by atoms with van der Waals surface area (Å²) in [4.78, 5) is 4.94. The first-order valence-corrected chi connectivity index (χ1v) is 35.1. The van der Waals surface area contributed by atoms with E-state index < -0.39 is 0 Å². The van der Waals surface area contributed by atoms with Gasteiger partial charge in [-0.1, -0.05) is 191 Å². The summed E-state index contributed by atoms with van der Waals surface area (Å²) in [6.45, 7) is 25.3. The molecule has 6 heteroatoms. The molecule has 5 aliphatic rings. The molecular weight excluding hydrogens is 1200 g/mol. The number of para-hydroxylation sites is 3. The lowest BCUT2D eigenvalue weighted by atomic mass is 9.78. The fourth-order valence-electron chi connectivity index (χ4n) is 16.1. The van der Waals surface area contributed by atoms with Gasteiger partial charge in [0, 0.05) is 105 Å². The SMILES string of the molecule is CC(C)(C)c1ccc(N2c3ccc4c(c3)c3ccccc3n4-c3ccc(cc3)C(C)(C)c3ccc(cc3)-n3c4ccc(N(c5ccc(C(C)(C)C)cc5)c5ccc6c(c5)c5ccccc5n6-c5ccc(C(C)(C)C)cc5)cc4c4cc5c(cc43)c3cc2ccc3n5-c2ccccc2)cc1. The molecule has 0 spiro atoms. The first-order chi connectivity index (χ1) is 47.7. The van der Waals surface area contributed by atoms with Crippen LogP contribution in [0.15, 0.2) is 285 Å². The second kappa shape index (κ2) is 21.8. The number of nitrogens with zero attached hydrogens (tertiary/aromatic N) is 6. The molecule has 0 radical (unpaired) electrons. The maximum absolute atomic E-state index is 2.52. The maximum atomic E-state index is 2.52. The van der Waals surface area contributed by atoms with Crippen LogP contribution in [-0.4, -0.2) is 18.3 Å². The van der Waals surface area contributed by atoms with Crippen LogP contribution in [0.25, 0.3) is 110 Å². The molecule has 0 amide bonds. The highest BCUT2D eigenvalue weighted by Gasteiger charge is 2.29. The molecule has 12 bridgehead atoms. The number of anilines is 6. The lowest BCUT2D eigenvalue weighted by molar-refractivity contribution is 0.590. The second-order valence-corrected chi connectivity index (χ2v) is 31.2. The van der Waals surface area contributed by atoms with E-state index in [9.17, 15) is 0 Å². The normalized spacial score (nSPS) is 13.5. The van der Waals surface area contributed by atoms with Crippen LogP contribution in [0.2, 0.25) is 0 Å². The van der Waals surface area contributed by atoms with Gasteiger partial charge in [-0.3, -0.25) is 0 Å². The van der Waals surface area contributed by atoms with E-state index in [1.54, 1.807) is 0 Å². The molecule has 482 valence electrons. The molecule has 17 aromatic rings. The maximum Gasteiger partial charge on any atom is 0.0548 e. The van der Waals surface area contributed by atoms with Crippen molar-refractivity contribution in [2.75, 3.05) is 9.80 Å². The van der Waals surface area contributed by atoms with Crippen molar-refractivity contribution < 1.29 is 0 Å². The summed E-state index contributed by atoms with van der Waals surface area (Å²) >= 11 is 0. The molecule has 9 heterocycles. The molecule has 0 fully saturated rings. The Balaban J connectivity index is 0.902. The van der Waals surface area contributed by atoms with Gasteiger partial charge >= 0.3 is 0 Å². The summed E-state index contributed by atoms with van der Waals surface area (Å²) in [7, 11) is 0. The van der Waals surface area contributed by atoms with Crippen molar-refractivity contribution in [2.24, 2.45) is 0 Å². The second-order valence-electron chi connectivity index (χ2n) is 31.2. The molecule has 6 nitrogen and oxygen atoms in total. The third-order valence-electron chi connectivity index (χ3n) is 21.6. The Morgan fingerprint density at radius 1 is 0.232 bits per heavy atom. The highest BCUT2D eigenvalue weighted by atomic mass is 15.2. The van der Waals surface area contributed by atoms with E-state index in [4.69, 9.17) is 0 Å². The van der Waals surface area contributed by atoms with Crippen LogP contribution >= 0.6 is 0 Å². The first kappa shape index (κ1) is 60.1. The molecule has 4 aromatic heterocycles. The van der Waals surface area contributed by atoms with E-state index in [-0.39, 0.29) is 21.7 Å². The van der Waals surface area contributed by atoms with E-state index in [1.165, 1.54) is 93.0 Å². The Hall–Kier alpha value is -11.3. The Morgan fingerprint density at radius 3 is 0.960 bits per heavy atom. The largest absolute Gasteiger partial charge is 0.310 e.